The van der Waals surface area contributed by atoms with Gasteiger partial charge in [0, 0.05) is 35.8 Å². The maximum atomic E-state index is 13.8. The summed E-state index contributed by atoms with van der Waals surface area (Å²) in [6, 6.07) is 22.3. The SMILES string of the molecule is CC(C)(C)[C@H](NC(=O)c1cc2ccccc2[nH]1)C(=O)N1C[C@@H]2C[C@H]1CN2C(=O)c1ccc(-c2ccccc2)cn1. The number of carbonyl (C=O) groups is 3. The van der Waals surface area contributed by atoms with Crippen molar-refractivity contribution in [2.45, 2.75) is 45.3 Å². The Bertz CT molecular complexity index is 1540. The number of H-pyrrole nitrogens is 1. The van der Waals surface area contributed by atoms with E-state index in [0.29, 0.717) is 24.5 Å². The molecule has 8 heteroatoms. The smallest absolute Gasteiger partial charge is 0.272 e. The van der Waals surface area contributed by atoms with E-state index in [1.807, 2.05) is 91.2 Å². The molecule has 3 atom stereocenters. The predicted octanol–water partition coefficient (Wildman–Crippen LogP) is 4.50. The Morgan fingerprint density at radius 3 is 2.25 bits per heavy atom. The third kappa shape index (κ3) is 4.74. The summed E-state index contributed by atoms with van der Waals surface area (Å²) in [5.41, 5.74) is 3.21. The van der Waals surface area contributed by atoms with Gasteiger partial charge in [-0.3, -0.25) is 19.4 Å². The van der Waals surface area contributed by atoms with E-state index in [0.717, 1.165) is 28.5 Å². The quantitative estimate of drug-likeness (QED) is 0.393. The van der Waals surface area contributed by atoms with Crippen LogP contribution < -0.4 is 5.32 Å². The number of hydrogen-bond donors (Lipinski definition) is 2. The van der Waals surface area contributed by atoms with Crippen molar-refractivity contribution in [1.29, 1.82) is 0 Å². The largest absolute Gasteiger partial charge is 0.351 e. The van der Waals surface area contributed by atoms with Crippen LogP contribution in [-0.4, -0.2) is 68.7 Å². The van der Waals surface area contributed by atoms with E-state index in [-0.39, 0.29) is 29.8 Å². The van der Waals surface area contributed by atoms with Crippen LogP contribution in [0.1, 0.15) is 48.2 Å². The van der Waals surface area contributed by atoms with Gasteiger partial charge < -0.3 is 20.1 Å². The van der Waals surface area contributed by atoms with Gasteiger partial charge >= 0.3 is 0 Å². The molecular formula is C32H33N5O3. The van der Waals surface area contributed by atoms with Crippen LogP contribution in [0.25, 0.3) is 22.0 Å². The molecule has 6 rings (SSSR count). The zero-order chi connectivity index (χ0) is 28.0. The van der Waals surface area contributed by atoms with E-state index in [9.17, 15) is 14.4 Å². The fraction of sp³-hybridized carbons (Fsp3) is 0.312. The lowest BCUT2D eigenvalue weighted by molar-refractivity contribution is -0.138. The van der Waals surface area contributed by atoms with Crippen molar-refractivity contribution < 1.29 is 14.4 Å². The molecule has 40 heavy (non-hydrogen) atoms. The summed E-state index contributed by atoms with van der Waals surface area (Å²) in [7, 11) is 0. The van der Waals surface area contributed by atoms with Crippen LogP contribution in [0, 0.1) is 5.41 Å². The molecule has 4 heterocycles. The summed E-state index contributed by atoms with van der Waals surface area (Å²) in [6.45, 7) is 6.78. The number of rotatable bonds is 5. The monoisotopic (exact) mass is 535 g/mol. The molecule has 2 aliphatic heterocycles. The second-order valence-electron chi connectivity index (χ2n) is 11.8. The van der Waals surface area contributed by atoms with Crippen molar-refractivity contribution in [1.82, 2.24) is 25.1 Å². The number of aromatic nitrogens is 2. The Hall–Kier alpha value is -4.46. The van der Waals surface area contributed by atoms with E-state index in [2.05, 4.69) is 15.3 Å². The van der Waals surface area contributed by atoms with E-state index in [1.54, 1.807) is 18.3 Å². The van der Waals surface area contributed by atoms with Crippen molar-refractivity contribution in [3.05, 3.63) is 90.4 Å². The minimum Gasteiger partial charge on any atom is -0.351 e. The van der Waals surface area contributed by atoms with E-state index >= 15 is 0 Å². The highest BCUT2D eigenvalue weighted by atomic mass is 16.2. The van der Waals surface area contributed by atoms with Crippen molar-refractivity contribution >= 4 is 28.6 Å². The zero-order valence-corrected chi connectivity index (χ0v) is 22.9. The van der Waals surface area contributed by atoms with Gasteiger partial charge in [-0.25, -0.2) is 0 Å². The lowest BCUT2D eigenvalue weighted by atomic mass is 9.85. The third-order valence-electron chi connectivity index (χ3n) is 8.04. The molecule has 0 aliphatic carbocycles. The fourth-order valence-corrected chi connectivity index (χ4v) is 5.87. The highest BCUT2D eigenvalue weighted by Crippen LogP contribution is 2.34. The number of para-hydroxylation sites is 1. The highest BCUT2D eigenvalue weighted by molar-refractivity contribution is 6.00. The normalized spacial score (nSPS) is 19.2. The standard InChI is InChI=1S/C32H33N5O3/c1-32(2,3)28(35-29(38)27-15-21-11-7-8-12-25(21)34-27)31(40)37-19-23-16-24(37)18-36(23)30(39)26-14-13-22(17-33-26)20-9-5-4-6-10-20/h4-15,17,23-24,28,34H,16,18-19H2,1-3H3,(H,35,38)/t23-,24-,28+/m0/s1. The van der Waals surface area contributed by atoms with E-state index < -0.39 is 11.5 Å². The number of pyridine rings is 1. The van der Waals surface area contributed by atoms with Gasteiger partial charge in [-0.1, -0.05) is 75.4 Å². The summed E-state index contributed by atoms with van der Waals surface area (Å²) in [5, 5.41) is 3.94. The number of piperazine rings is 1. The molecule has 2 saturated heterocycles. The first-order valence-electron chi connectivity index (χ1n) is 13.7. The van der Waals surface area contributed by atoms with Gasteiger partial charge in [0.05, 0.1) is 12.1 Å². The van der Waals surface area contributed by atoms with Gasteiger partial charge in [0.1, 0.15) is 17.4 Å². The molecule has 2 aromatic heterocycles. The molecule has 8 nitrogen and oxygen atoms in total. The maximum absolute atomic E-state index is 13.8. The number of nitrogens with one attached hydrogen (secondary N) is 2. The summed E-state index contributed by atoms with van der Waals surface area (Å²) >= 11 is 0. The van der Waals surface area contributed by atoms with Gasteiger partial charge in [0.2, 0.25) is 5.91 Å². The van der Waals surface area contributed by atoms with Crippen LogP contribution in [0.4, 0.5) is 0 Å². The van der Waals surface area contributed by atoms with Crippen molar-refractivity contribution in [3.8, 4) is 11.1 Å². The number of fused-ring (bicyclic) bond motifs is 3. The Kier molecular flexibility index (Phi) is 6.41. The molecule has 2 bridgehead atoms. The Morgan fingerprint density at radius 1 is 0.900 bits per heavy atom. The number of amides is 3. The van der Waals surface area contributed by atoms with Gasteiger partial charge in [0.25, 0.3) is 11.8 Å². The van der Waals surface area contributed by atoms with Gasteiger partial charge in [0.15, 0.2) is 0 Å². The molecule has 204 valence electrons. The summed E-state index contributed by atoms with van der Waals surface area (Å²) in [6.07, 6.45) is 2.46. The topological polar surface area (TPSA) is 98.4 Å². The van der Waals surface area contributed by atoms with Gasteiger partial charge in [-0.2, -0.15) is 0 Å². The average Bonchev–Trinajstić information content (AvgIpc) is 3.69. The molecule has 0 saturated carbocycles. The van der Waals surface area contributed by atoms with Crippen molar-refractivity contribution in [2.24, 2.45) is 5.41 Å². The highest BCUT2D eigenvalue weighted by Gasteiger charge is 2.50. The van der Waals surface area contributed by atoms with E-state index in [1.165, 1.54) is 0 Å². The van der Waals surface area contributed by atoms with Crippen LogP contribution in [0.5, 0.6) is 0 Å². The lowest BCUT2D eigenvalue weighted by Gasteiger charge is -2.39. The number of hydrogen-bond acceptors (Lipinski definition) is 4. The summed E-state index contributed by atoms with van der Waals surface area (Å²) < 4.78 is 0. The first-order chi connectivity index (χ1) is 19.2. The molecule has 2 fully saturated rings. The molecule has 0 radical (unpaired) electrons. The second-order valence-corrected chi connectivity index (χ2v) is 11.8. The lowest BCUT2D eigenvalue weighted by Crippen LogP contribution is -2.59. The van der Waals surface area contributed by atoms with E-state index in [4.69, 9.17) is 0 Å². The Balaban J connectivity index is 1.13. The summed E-state index contributed by atoms with van der Waals surface area (Å²) in [5.74, 6) is -0.531. The van der Waals surface area contributed by atoms with Crippen LogP contribution in [-0.2, 0) is 4.79 Å². The number of nitrogens with zero attached hydrogens (tertiary/aromatic N) is 3. The Labute approximate surface area is 233 Å². The first kappa shape index (κ1) is 25.8. The number of carbonyl (C=O) groups excluding carboxylic acids is 3. The number of aromatic amines is 1. The minimum absolute atomic E-state index is 0.0675. The molecule has 4 aromatic rings. The minimum atomic E-state index is -0.706. The van der Waals surface area contributed by atoms with Crippen LogP contribution in [0.3, 0.4) is 0 Å². The molecule has 3 amide bonds. The second kappa shape index (κ2) is 9.93. The fourth-order valence-electron chi connectivity index (χ4n) is 5.87. The molecule has 0 unspecified atom stereocenters. The van der Waals surface area contributed by atoms with Gasteiger partial charge in [-0.05, 0) is 35.6 Å². The average molecular weight is 536 g/mol. The molecule has 0 spiro atoms. The number of benzene rings is 2. The molecule has 2 aliphatic rings. The first-order valence-corrected chi connectivity index (χ1v) is 13.7. The predicted molar refractivity (Wildman–Crippen MR) is 154 cm³/mol. The molecule has 2 N–H and O–H groups in total. The number of likely N-dealkylation sites (tertiary alicyclic amines) is 2. The third-order valence-corrected chi connectivity index (χ3v) is 8.04. The van der Waals surface area contributed by atoms with Crippen LogP contribution >= 0.6 is 0 Å². The molecule has 2 aromatic carbocycles. The maximum Gasteiger partial charge on any atom is 0.272 e. The van der Waals surface area contributed by atoms with Crippen molar-refractivity contribution in [3.63, 3.8) is 0 Å². The zero-order valence-electron chi connectivity index (χ0n) is 22.9. The Morgan fingerprint density at radius 2 is 1.60 bits per heavy atom. The van der Waals surface area contributed by atoms with Gasteiger partial charge in [-0.15, -0.1) is 0 Å². The molecular weight excluding hydrogens is 502 g/mol. The summed E-state index contributed by atoms with van der Waals surface area (Å²) in [4.78, 5) is 51.6. The van der Waals surface area contributed by atoms with Crippen LogP contribution in [0.15, 0.2) is 79.0 Å². The van der Waals surface area contributed by atoms with Crippen molar-refractivity contribution in [2.75, 3.05) is 13.1 Å². The van der Waals surface area contributed by atoms with Crippen LogP contribution in [0.2, 0.25) is 0 Å².